The number of aliphatic carboxylic acids is 1. The van der Waals surface area contributed by atoms with Gasteiger partial charge in [-0.25, -0.2) is 4.79 Å². The van der Waals surface area contributed by atoms with Crippen molar-refractivity contribution >= 4 is 60.0 Å². The van der Waals surface area contributed by atoms with Gasteiger partial charge < -0.3 is 35.5 Å². The molecule has 2 heterocycles. The molecule has 1 aromatic carbocycles. The second-order valence-electron chi connectivity index (χ2n) is 11.7. The number of anilines is 2. The van der Waals surface area contributed by atoms with Crippen LogP contribution in [0.25, 0.3) is 5.69 Å². The second kappa shape index (κ2) is 18.8. The number of rotatable bonds is 11. The van der Waals surface area contributed by atoms with Gasteiger partial charge in [0.1, 0.15) is 23.9 Å². The number of nitriles is 1. The maximum absolute atomic E-state index is 12.0. The first-order valence-electron chi connectivity index (χ1n) is 14.3. The molecule has 3 rings (SSSR count). The average molecular weight is 763 g/mol. The van der Waals surface area contributed by atoms with Crippen LogP contribution in [0.2, 0.25) is 15.3 Å². The number of hydrogen-bond donors (Lipinski definition) is 5. The van der Waals surface area contributed by atoms with Crippen LogP contribution in [0.5, 0.6) is 5.75 Å². The van der Waals surface area contributed by atoms with E-state index in [-0.39, 0.29) is 40.5 Å². The summed E-state index contributed by atoms with van der Waals surface area (Å²) >= 11 is 17.9. The Balaban J connectivity index is 0.000000392. The standard InChI is InChI=1S/C15H14Cl2N2O3.C9H13ClN6.C5H12NO4P/c1-5-6-21-12-8-11(9(16)7-10(12)17)19-14(20)22-13(18-19)15(2,3)4;1-4-12-7-13-6(10)14-8(15-7)16-9(2,3)5-11;1-11(9,10)3-2-4(6)5(7)8/h1,7-8H,6H2,2-4H3;4H2,1-3H3,(H2,12,13,14,15,16);4H,2-3,6H2,1H3,(H,7,8)(H,9,10). The van der Waals surface area contributed by atoms with Gasteiger partial charge in [-0.1, -0.05) is 49.9 Å². The third-order valence-corrected chi connectivity index (χ3v) is 7.40. The minimum absolute atomic E-state index is 0.0412. The topological polar surface area (TPSA) is 244 Å². The average Bonchev–Trinajstić information content (AvgIpc) is 3.37. The number of nitrogens with zero attached hydrogens (tertiary/aromatic N) is 6. The monoisotopic (exact) mass is 761 g/mol. The first kappa shape index (κ1) is 43.1. The van der Waals surface area contributed by atoms with Crippen molar-refractivity contribution in [2.45, 2.75) is 65.0 Å². The lowest BCUT2D eigenvalue weighted by Crippen LogP contribution is -2.30. The lowest BCUT2D eigenvalue weighted by molar-refractivity contribution is -0.138. The van der Waals surface area contributed by atoms with Crippen molar-refractivity contribution < 1.29 is 28.5 Å². The number of benzene rings is 1. The molecule has 2 aromatic heterocycles. The summed E-state index contributed by atoms with van der Waals surface area (Å²) in [6.45, 7) is 12.9. The van der Waals surface area contributed by atoms with Crippen LogP contribution in [-0.4, -0.2) is 78.3 Å². The molecule has 0 radical (unpaired) electrons. The summed E-state index contributed by atoms with van der Waals surface area (Å²) in [5, 5.41) is 27.7. The summed E-state index contributed by atoms with van der Waals surface area (Å²) in [5.74, 6) is 1.83. The zero-order valence-corrected chi connectivity index (χ0v) is 31.1. The van der Waals surface area contributed by atoms with Gasteiger partial charge in [-0.15, -0.1) is 11.5 Å². The van der Waals surface area contributed by atoms with Crippen molar-refractivity contribution in [3.05, 3.63) is 43.9 Å². The SMILES string of the molecule is C#CCOc1cc(-n2nc(C(C)(C)C)oc2=O)c(Cl)cc1Cl.CCNc1nc(Cl)nc(NC(C)(C)C#N)n1.CP(=O)(O)CCC(N)C(=O)O. The van der Waals surface area contributed by atoms with E-state index in [1.807, 2.05) is 27.7 Å². The minimum Gasteiger partial charge on any atom is -0.480 e. The van der Waals surface area contributed by atoms with Crippen LogP contribution in [0.1, 0.15) is 53.9 Å². The van der Waals surface area contributed by atoms with Gasteiger partial charge in [-0.3, -0.25) is 9.36 Å². The van der Waals surface area contributed by atoms with Gasteiger partial charge in [0, 0.05) is 30.9 Å². The van der Waals surface area contributed by atoms with Crippen molar-refractivity contribution in [1.29, 1.82) is 5.26 Å². The molecule has 0 bridgehead atoms. The van der Waals surface area contributed by atoms with Crippen molar-refractivity contribution in [1.82, 2.24) is 24.7 Å². The van der Waals surface area contributed by atoms with E-state index >= 15 is 0 Å². The zero-order chi connectivity index (χ0) is 37.7. The molecule has 0 aliphatic rings. The molecule has 0 aliphatic carbocycles. The Morgan fingerprint density at radius 1 is 1.18 bits per heavy atom. The Morgan fingerprint density at radius 2 is 1.80 bits per heavy atom. The molecule has 3 aromatic rings. The lowest BCUT2D eigenvalue weighted by Gasteiger charge is -2.17. The summed E-state index contributed by atoms with van der Waals surface area (Å²) in [7, 11) is -3.10. The van der Waals surface area contributed by atoms with Crippen molar-refractivity contribution in [2.75, 3.05) is 36.6 Å². The third-order valence-electron chi connectivity index (χ3n) is 5.55. The highest BCUT2D eigenvalue weighted by Gasteiger charge is 2.24. The van der Waals surface area contributed by atoms with Crippen LogP contribution < -0.4 is 26.9 Å². The van der Waals surface area contributed by atoms with E-state index in [1.165, 1.54) is 18.8 Å². The van der Waals surface area contributed by atoms with E-state index in [4.69, 9.17) is 71.4 Å². The summed E-state index contributed by atoms with van der Waals surface area (Å²) in [4.78, 5) is 42.7. The number of nitrogens with two attached hydrogens (primary N) is 1. The highest BCUT2D eigenvalue weighted by molar-refractivity contribution is 7.57. The number of halogens is 3. The van der Waals surface area contributed by atoms with E-state index in [9.17, 15) is 14.2 Å². The number of carboxylic acid groups (broad SMARTS) is 1. The molecule has 2 atom stereocenters. The molecule has 268 valence electrons. The highest BCUT2D eigenvalue weighted by Crippen LogP contribution is 2.36. The Morgan fingerprint density at radius 3 is 2.29 bits per heavy atom. The van der Waals surface area contributed by atoms with E-state index in [0.717, 1.165) is 4.68 Å². The van der Waals surface area contributed by atoms with Gasteiger partial charge >= 0.3 is 11.7 Å². The summed E-state index contributed by atoms with van der Waals surface area (Å²) < 4.78 is 22.2. The van der Waals surface area contributed by atoms with E-state index in [1.54, 1.807) is 13.8 Å². The van der Waals surface area contributed by atoms with Gasteiger partial charge in [0.2, 0.25) is 23.1 Å². The molecular formula is C29H39Cl3N9O7P. The number of terminal acetylenes is 1. The Hall–Kier alpha value is -3.89. The maximum Gasteiger partial charge on any atom is 0.442 e. The summed E-state index contributed by atoms with van der Waals surface area (Å²) in [5.41, 5.74) is 4.23. The number of nitrogens with one attached hydrogen (secondary N) is 2. The first-order valence-corrected chi connectivity index (χ1v) is 17.7. The number of ether oxygens (including phenoxy) is 1. The number of hydrogen-bond acceptors (Lipinski definition) is 13. The predicted octanol–water partition coefficient (Wildman–Crippen LogP) is 4.80. The second-order valence-corrected chi connectivity index (χ2v) is 15.4. The Kier molecular flexibility index (Phi) is 16.5. The predicted molar refractivity (Wildman–Crippen MR) is 188 cm³/mol. The molecule has 0 aliphatic heterocycles. The van der Waals surface area contributed by atoms with Gasteiger partial charge in [-0.2, -0.15) is 24.9 Å². The molecule has 2 unspecified atom stereocenters. The smallest absolute Gasteiger partial charge is 0.442 e. The molecule has 0 saturated carbocycles. The molecular weight excluding hydrogens is 724 g/mol. The van der Waals surface area contributed by atoms with Crippen LogP contribution in [0.4, 0.5) is 11.9 Å². The van der Waals surface area contributed by atoms with Crippen molar-refractivity contribution in [2.24, 2.45) is 5.73 Å². The van der Waals surface area contributed by atoms with Crippen LogP contribution in [0, 0.1) is 23.7 Å². The van der Waals surface area contributed by atoms with Gasteiger partial charge in [0.15, 0.2) is 7.37 Å². The van der Waals surface area contributed by atoms with Gasteiger partial charge in [0.25, 0.3) is 0 Å². The van der Waals surface area contributed by atoms with Crippen molar-refractivity contribution in [3.63, 3.8) is 0 Å². The fourth-order valence-electron chi connectivity index (χ4n) is 3.10. The highest BCUT2D eigenvalue weighted by atomic mass is 35.5. The van der Waals surface area contributed by atoms with E-state index < -0.39 is 36.1 Å². The van der Waals surface area contributed by atoms with Crippen LogP contribution in [0.3, 0.4) is 0 Å². The number of carbonyl (C=O) groups is 1. The van der Waals surface area contributed by atoms with Crippen LogP contribution in [-0.2, 0) is 14.8 Å². The molecule has 20 heteroatoms. The first-order chi connectivity index (χ1) is 22.5. The Bertz CT molecular complexity index is 1770. The largest absolute Gasteiger partial charge is 0.480 e. The van der Waals surface area contributed by atoms with Crippen molar-refractivity contribution in [3.8, 4) is 29.8 Å². The van der Waals surface area contributed by atoms with Gasteiger partial charge in [-0.05, 0) is 44.9 Å². The van der Waals surface area contributed by atoms with E-state index in [2.05, 4.69) is 42.7 Å². The Labute approximate surface area is 298 Å². The summed E-state index contributed by atoms with van der Waals surface area (Å²) in [6.07, 6.45) is 5.15. The fraction of sp³-hybridized carbons (Fsp3) is 0.483. The normalized spacial score (nSPS) is 12.8. The minimum atomic E-state index is -3.10. The quantitative estimate of drug-likeness (QED) is 0.130. The van der Waals surface area contributed by atoms with Crippen LogP contribution >= 0.6 is 42.2 Å². The molecule has 49 heavy (non-hydrogen) atoms. The molecule has 6 N–H and O–H groups in total. The number of carboxylic acids is 1. The molecule has 16 nitrogen and oxygen atoms in total. The zero-order valence-electron chi connectivity index (χ0n) is 27.9. The fourth-order valence-corrected chi connectivity index (χ4v) is 4.53. The number of aromatic nitrogens is 5. The lowest BCUT2D eigenvalue weighted by atomic mass is 9.97. The van der Waals surface area contributed by atoms with Gasteiger partial charge in [0.05, 0.1) is 21.8 Å². The third kappa shape index (κ3) is 15.5. The molecule has 0 saturated heterocycles. The molecule has 0 amide bonds. The molecule has 0 spiro atoms. The molecule has 0 fully saturated rings. The summed E-state index contributed by atoms with van der Waals surface area (Å²) in [6, 6.07) is 4.01. The van der Waals surface area contributed by atoms with E-state index in [0.29, 0.717) is 29.8 Å². The maximum atomic E-state index is 12.0. The van der Waals surface area contributed by atoms with Crippen LogP contribution in [0.15, 0.2) is 21.3 Å².